The first-order valence-electron chi connectivity index (χ1n) is 11.5. The Morgan fingerprint density at radius 2 is 1.97 bits per heavy atom. The van der Waals surface area contributed by atoms with Gasteiger partial charge in [0.05, 0.1) is 5.52 Å². The molecule has 0 unspecified atom stereocenters. The SMILES string of the molecule is Cc1ccncc1-c1cccc(CNC(=O)c2ccc3cnc(NC4CCOCC4)cc3n2)c1. The zero-order valence-electron chi connectivity index (χ0n) is 19.1. The van der Waals surface area contributed by atoms with E-state index in [-0.39, 0.29) is 5.91 Å². The van der Waals surface area contributed by atoms with Crippen molar-refractivity contribution in [3.8, 4) is 11.1 Å². The van der Waals surface area contributed by atoms with Gasteiger partial charge < -0.3 is 15.4 Å². The molecular weight excluding hydrogens is 426 g/mol. The van der Waals surface area contributed by atoms with E-state index in [9.17, 15) is 4.79 Å². The molecule has 3 aromatic heterocycles. The van der Waals surface area contributed by atoms with E-state index in [1.54, 1.807) is 18.5 Å². The number of aromatic nitrogens is 3. The highest BCUT2D eigenvalue weighted by atomic mass is 16.5. The van der Waals surface area contributed by atoms with Gasteiger partial charge in [-0.1, -0.05) is 18.2 Å². The van der Waals surface area contributed by atoms with Gasteiger partial charge in [-0.15, -0.1) is 0 Å². The van der Waals surface area contributed by atoms with Crippen LogP contribution in [0.2, 0.25) is 0 Å². The Balaban J connectivity index is 1.28. The van der Waals surface area contributed by atoms with Crippen LogP contribution in [0.5, 0.6) is 0 Å². The van der Waals surface area contributed by atoms with Crippen LogP contribution in [0, 0.1) is 6.92 Å². The van der Waals surface area contributed by atoms with Gasteiger partial charge in [0.15, 0.2) is 0 Å². The number of anilines is 1. The second-order valence-electron chi connectivity index (χ2n) is 8.56. The van der Waals surface area contributed by atoms with Crippen molar-refractivity contribution in [2.75, 3.05) is 18.5 Å². The van der Waals surface area contributed by atoms with E-state index in [2.05, 4.69) is 44.6 Å². The topological polar surface area (TPSA) is 89.0 Å². The molecule has 0 radical (unpaired) electrons. The summed E-state index contributed by atoms with van der Waals surface area (Å²) in [6.45, 7) is 4.01. The average molecular weight is 454 g/mol. The second kappa shape index (κ2) is 9.97. The lowest BCUT2D eigenvalue weighted by Crippen LogP contribution is -2.28. The van der Waals surface area contributed by atoms with E-state index in [1.165, 1.54) is 0 Å². The minimum atomic E-state index is -0.208. The molecule has 1 aliphatic rings. The molecule has 0 bridgehead atoms. The number of nitrogens with zero attached hydrogens (tertiary/aromatic N) is 3. The van der Waals surface area contributed by atoms with Crippen LogP contribution in [0.1, 0.15) is 34.5 Å². The minimum absolute atomic E-state index is 0.208. The van der Waals surface area contributed by atoms with Crippen molar-refractivity contribution in [3.05, 3.63) is 83.9 Å². The van der Waals surface area contributed by atoms with Gasteiger partial charge in [0.25, 0.3) is 5.91 Å². The summed E-state index contributed by atoms with van der Waals surface area (Å²) in [4.78, 5) is 26.2. The molecule has 34 heavy (non-hydrogen) atoms. The highest BCUT2D eigenvalue weighted by molar-refractivity contribution is 5.95. The Morgan fingerprint density at radius 3 is 2.82 bits per heavy atom. The first-order valence-corrected chi connectivity index (χ1v) is 11.5. The normalized spacial score (nSPS) is 14.1. The van der Waals surface area contributed by atoms with E-state index >= 15 is 0 Å². The van der Waals surface area contributed by atoms with Gasteiger partial charge in [0.2, 0.25) is 0 Å². The van der Waals surface area contributed by atoms with Crippen molar-refractivity contribution in [2.24, 2.45) is 0 Å². The fraction of sp³-hybridized carbons (Fsp3) is 0.259. The maximum Gasteiger partial charge on any atom is 0.270 e. The lowest BCUT2D eigenvalue weighted by Gasteiger charge is -2.23. The van der Waals surface area contributed by atoms with Crippen molar-refractivity contribution in [3.63, 3.8) is 0 Å². The number of benzene rings is 1. The standard InChI is InChI=1S/C27H27N5O2/c1-18-7-10-28-17-23(18)20-4-2-3-19(13-20)15-30-27(33)24-6-5-21-16-29-26(14-25(21)32-24)31-22-8-11-34-12-9-22/h2-7,10,13-14,16-17,22H,8-9,11-12,15H2,1H3,(H,29,31)(H,30,33). The summed E-state index contributed by atoms with van der Waals surface area (Å²) in [6.07, 6.45) is 7.36. The van der Waals surface area contributed by atoms with Crippen LogP contribution < -0.4 is 10.6 Å². The monoisotopic (exact) mass is 453 g/mol. The highest BCUT2D eigenvalue weighted by Gasteiger charge is 2.15. The Labute approximate surface area is 198 Å². The summed E-state index contributed by atoms with van der Waals surface area (Å²) < 4.78 is 5.42. The lowest BCUT2D eigenvalue weighted by atomic mass is 10.0. The summed E-state index contributed by atoms with van der Waals surface area (Å²) in [5.41, 5.74) is 5.48. The third-order valence-electron chi connectivity index (χ3n) is 6.11. The highest BCUT2D eigenvalue weighted by Crippen LogP contribution is 2.23. The van der Waals surface area contributed by atoms with Crippen LogP contribution >= 0.6 is 0 Å². The molecule has 7 heteroatoms. The predicted molar refractivity (Wildman–Crippen MR) is 133 cm³/mol. The van der Waals surface area contributed by atoms with E-state index in [4.69, 9.17) is 4.74 Å². The van der Waals surface area contributed by atoms with Crippen molar-refractivity contribution in [1.29, 1.82) is 0 Å². The first kappa shape index (κ1) is 22.0. The van der Waals surface area contributed by atoms with Crippen LogP contribution in [0.4, 0.5) is 5.82 Å². The van der Waals surface area contributed by atoms with Gasteiger partial charge in [0.1, 0.15) is 11.5 Å². The predicted octanol–water partition coefficient (Wildman–Crippen LogP) is 4.52. The summed E-state index contributed by atoms with van der Waals surface area (Å²) in [6, 6.07) is 16.0. The molecule has 7 nitrogen and oxygen atoms in total. The number of nitrogens with one attached hydrogen (secondary N) is 2. The Bertz CT molecular complexity index is 1320. The molecule has 172 valence electrons. The van der Waals surface area contributed by atoms with E-state index < -0.39 is 0 Å². The number of ether oxygens (including phenoxy) is 1. The molecule has 0 aliphatic carbocycles. The number of carbonyl (C=O) groups is 1. The van der Waals surface area contributed by atoms with Crippen molar-refractivity contribution < 1.29 is 9.53 Å². The largest absolute Gasteiger partial charge is 0.381 e. The molecule has 1 amide bonds. The smallest absolute Gasteiger partial charge is 0.270 e. The molecule has 1 aliphatic heterocycles. The second-order valence-corrected chi connectivity index (χ2v) is 8.56. The number of hydrogen-bond donors (Lipinski definition) is 2. The van der Waals surface area contributed by atoms with E-state index in [1.807, 2.05) is 36.5 Å². The molecule has 1 fully saturated rings. The Kier molecular flexibility index (Phi) is 6.44. The Hall–Kier alpha value is -3.84. The molecular formula is C27H27N5O2. The van der Waals surface area contributed by atoms with Crippen molar-refractivity contribution in [1.82, 2.24) is 20.3 Å². The molecule has 0 saturated carbocycles. The van der Waals surface area contributed by atoms with Gasteiger partial charge in [-0.25, -0.2) is 9.97 Å². The molecule has 4 heterocycles. The molecule has 4 aromatic rings. The van der Waals surface area contributed by atoms with Crippen LogP contribution in [0.25, 0.3) is 22.0 Å². The van der Waals surface area contributed by atoms with Gasteiger partial charge in [-0.05, 0) is 60.7 Å². The van der Waals surface area contributed by atoms with Crippen molar-refractivity contribution >= 4 is 22.6 Å². The summed E-state index contributed by atoms with van der Waals surface area (Å²) >= 11 is 0. The number of fused-ring (bicyclic) bond motifs is 1. The van der Waals surface area contributed by atoms with E-state index in [0.29, 0.717) is 18.3 Å². The van der Waals surface area contributed by atoms with Crippen LogP contribution in [-0.4, -0.2) is 40.1 Å². The number of hydrogen-bond acceptors (Lipinski definition) is 6. The van der Waals surface area contributed by atoms with Crippen molar-refractivity contribution in [2.45, 2.75) is 32.4 Å². The van der Waals surface area contributed by atoms with Crippen LogP contribution in [0.15, 0.2) is 67.1 Å². The molecule has 2 N–H and O–H groups in total. The molecule has 0 spiro atoms. The summed E-state index contributed by atoms with van der Waals surface area (Å²) in [5, 5.41) is 7.34. The number of amides is 1. The number of aryl methyl sites for hydroxylation is 1. The maximum absolute atomic E-state index is 12.8. The quantitative estimate of drug-likeness (QED) is 0.446. The molecule has 5 rings (SSSR count). The van der Waals surface area contributed by atoms with Gasteiger partial charge in [-0.3, -0.25) is 9.78 Å². The Morgan fingerprint density at radius 1 is 1.09 bits per heavy atom. The lowest BCUT2D eigenvalue weighted by molar-refractivity contribution is 0.0903. The van der Waals surface area contributed by atoms with E-state index in [0.717, 1.165) is 65.0 Å². The number of pyridine rings is 3. The fourth-order valence-electron chi connectivity index (χ4n) is 4.16. The minimum Gasteiger partial charge on any atom is -0.381 e. The third-order valence-corrected chi connectivity index (χ3v) is 6.11. The number of carbonyl (C=O) groups excluding carboxylic acids is 1. The zero-order chi connectivity index (χ0) is 23.3. The molecule has 1 aromatic carbocycles. The fourth-order valence-corrected chi connectivity index (χ4v) is 4.16. The first-order chi connectivity index (χ1) is 16.7. The zero-order valence-corrected chi connectivity index (χ0v) is 19.1. The maximum atomic E-state index is 12.8. The number of rotatable bonds is 6. The summed E-state index contributed by atoms with van der Waals surface area (Å²) in [5.74, 6) is 0.563. The van der Waals surface area contributed by atoms with Gasteiger partial charge in [0, 0.05) is 61.4 Å². The van der Waals surface area contributed by atoms with Crippen LogP contribution in [0.3, 0.4) is 0 Å². The van der Waals surface area contributed by atoms with Gasteiger partial charge >= 0.3 is 0 Å². The van der Waals surface area contributed by atoms with Gasteiger partial charge in [-0.2, -0.15) is 0 Å². The summed E-state index contributed by atoms with van der Waals surface area (Å²) in [7, 11) is 0. The van der Waals surface area contributed by atoms with Crippen LogP contribution in [-0.2, 0) is 11.3 Å². The molecule has 0 atom stereocenters. The third kappa shape index (κ3) is 5.05. The average Bonchev–Trinajstić information content (AvgIpc) is 2.88. The molecule has 1 saturated heterocycles.